The maximum absolute atomic E-state index is 9.40. The molecule has 0 aromatic carbocycles. The van der Waals surface area contributed by atoms with E-state index in [1.807, 2.05) is 0 Å². The smallest absolute Gasteiger partial charge is 0.0564 e. The number of aliphatic hydroxyl groups is 1. The van der Waals surface area contributed by atoms with E-state index in [9.17, 15) is 5.11 Å². The Labute approximate surface area is 86.7 Å². The molecule has 82 valence electrons. The van der Waals surface area contributed by atoms with Crippen LogP contribution in [0.25, 0.3) is 0 Å². The highest BCUT2D eigenvalue weighted by atomic mass is 16.3. The van der Waals surface area contributed by atoms with Crippen molar-refractivity contribution in [3.8, 4) is 0 Å². The van der Waals surface area contributed by atoms with Crippen LogP contribution in [-0.4, -0.2) is 59.3 Å². The zero-order valence-corrected chi connectivity index (χ0v) is 9.32. The molecule has 0 spiro atoms. The second kappa shape index (κ2) is 4.17. The van der Waals surface area contributed by atoms with Crippen molar-refractivity contribution >= 4 is 0 Å². The molecule has 3 nitrogen and oxygen atoms in total. The highest BCUT2D eigenvalue weighted by Crippen LogP contribution is 2.21. The molecule has 2 heterocycles. The summed E-state index contributed by atoms with van der Waals surface area (Å²) in [6.07, 6.45) is 1.91. The highest BCUT2D eigenvalue weighted by molar-refractivity contribution is 4.91. The van der Waals surface area contributed by atoms with E-state index in [4.69, 9.17) is 0 Å². The molecule has 0 radical (unpaired) electrons. The van der Waals surface area contributed by atoms with E-state index >= 15 is 0 Å². The van der Waals surface area contributed by atoms with Gasteiger partial charge in [0.05, 0.1) is 6.10 Å². The van der Waals surface area contributed by atoms with Crippen molar-refractivity contribution in [2.75, 3.05) is 26.2 Å². The van der Waals surface area contributed by atoms with Gasteiger partial charge in [-0.25, -0.2) is 0 Å². The second-order valence-electron chi connectivity index (χ2n) is 4.97. The highest BCUT2D eigenvalue weighted by Gasteiger charge is 2.34. The third-order valence-corrected chi connectivity index (χ3v) is 3.64. The van der Waals surface area contributed by atoms with Crippen molar-refractivity contribution in [3.63, 3.8) is 0 Å². The van der Waals surface area contributed by atoms with Gasteiger partial charge >= 0.3 is 0 Å². The van der Waals surface area contributed by atoms with Crippen molar-refractivity contribution < 1.29 is 5.11 Å². The van der Waals surface area contributed by atoms with Crippen LogP contribution in [0, 0.1) is 0 Å². The molecule has 0 saturated carbocycles. The lowest BCUT2D eigenvalue weighted by atomic mass is 10.00. The zero-order chi connectivity index (χ0) is 10.1. The summed E-state index contributed by atoms with van der Waals surface area (Å²) in [5.74, 6) is 0. The van der Waals surface area contributed by atoms with Gasteiger partial charge in [-0.3, -0.25) is 9.80 Å². The Morgan fingerprint density at radius 3 is 2.21 bits per heavy atom. The van der Waals surface area contributed by atoms with Gasteiger partial charge in [-0.05, 0) is 26.7 Å². The standard InChI is InChI=1S/C11H22N2O/c1-9(2)13-7-10(8-13)12-5-3-11(14)4-6-12/h9-11,14H,3-8H2,1-2H3. The minimum Gasteiger partial charge on any atom is -0.393 e. The maximum atomic E-state index is 9.40. The van der Waals surface area contributed by atoms with Gasteiger partial charge in [0.25, 0.3) is 0 Å². The van der Waals surface area contributed by atoms with Crippen LogP contribution in [0.3, 0.4) is 0 Å². The number of likely N-dealkylation sites (tertiary alicyclic amines) is 2. The van der Waals surface area contributed by atoms with Crippen LogP contribution in [0.2, 0.25) is 0 Å². The van der Waals surface area contributed by atoms with Gasteiger partial charge in [-0.2, -0.15) is 0 Å². The monoisotopic (exact) mass is 198 g/mol. The number of aliphatic hydroxyl groups excluding tert-OH is 1. The molecule has 0 atom stereocenters. The first-order valence-electron chi connectivity index (χ1n) is 5.83. The normalized spacial score (nSPS) is 28.3. The zero-order valence-electron chi connectivity index (χ0n) is 9.32. The minimum atomic E-state index is -0.0347. The first kappa shape index (κ1) is 10.4. The van der Waals surface area contributed by atoms with Crippen molar-refractivity contribution in [3.05, 3.63) is 0 Å². The van der Waals surface area contributed by atoms with E-state index in [2.05, 4.69) is 23.6 Å². The van der Waals surface area contributed by atoms with Gasteiger partial charge in [0.15, 0.2) is 0 Å². The maximum Gasteiger partial charge on any atom is 0.0564 e. The molecule has 0 bridgehead atoms. The van der Waals surface area contributed by atoms with E-state index in [-0.39, 0.29) is 6.10 Å². The van der Waals surface area contributed by atoms with Crippen molar-refractivity contribution in [1.82, 2.24) is 9.80 Å². The lowest BCUT2D eigenvalue weighted by Crippen LogP contribution is -2.62. The number of nitrogens with zero attached hydrogens (tertiary/aromatic N) is 2. The lowest BCUT2D eigenvalue weighted by molar-refractivity contribution is -0.0166. The van der Waals surface area contributed by atoms with E-state index in [0.29, 0.717) is 6.04 Å². The van der Waals surface area contributed by atoms with Gasteiger partial charge in [-0.15, -0.1) is 0 Å². The molecule has 2 aliphatic rings. The molecule has 2 rings (SSSR count). The van der Waals surface area contributed by atoms with E-state index < -0.39 is 0 Å². The first-order valence-corrected chi connectivity index (χ1v) is 5.83. The van der Waals surface area contributed by atoms with Crippen molar-refractivity contribution in [1.29, 1.82) is 0 Å². The molecule has 2 aliphatic heterocycles. The summed E-state index contributed by atoms with van der Waals surface area (Å²) in [4.78, 5) is 5.06. The minimum absolute atomic E-state index is 0.0347. The predicted octanol–water partition coefficient (Wildman–Crippen LogP) is 0.536. The van der Waals surface area contributed by atoms with E-state index in [0.717, 1.165) is 32.0 Å². The van der Waals surface area contributed by atoms with Crippen molar-refractivity contribution in [2.45, 2.75) is 44.9 Å². The molecule has 3 heteroatoms. The average molecular weight is 198 g/mol. The Kier molecular flexibility index (Phi) is 3.10. The van der Waals surface area contributed by atoms with Crippen LogP contribution < -0.4 is 0 Å². The van der Waals surface area contributed by atoms with Crippen LogP contribution in [0.1, 0.15) is 26.7 Å². The Morgan fingerprint density at radius 1 is 1.14 bits per heavy atom. The van der Waals surface area contributed by atoms with E-state index in [1.165, 1.54) is 13.1 Å². The summed E-state index contributed by atoms with van der Waals surface area (Å²) in [6, 6.07) is 1.46. The fraction of sp³-hybridized carbons (Fsp3) is 1.00. The third kappa shape index (κ3) is 2.10. The average Bonchev–Trinajstić information content (AvgIpc) is 2.05. The van der Waals surface area contributed by atoms with Crippen LogP contribution in [0.4, 0.5) is 0 Å². The SMILES string of the molecule is CC(C)N1CC(N2CCC(O)CC2)C1. The molecule has 1 N–H and O–H groups in total. The molecule has 0 aliphatic carbocycles. The fourth-order valence-electron chi connectivity index (χ4n) is 2.39. The lowest BCUT2D eigenvalue weighted by Gasteiger charge is -2.49. The summed E-state index contributed by atoms with van der Waals surface area (Å²) < 4.78 is 0. The molecule has 2 fully saturated rings. The van der Waals surface area contributed by atoms with Gasteiger partial charge in [-0.1, -0.05) is 0 Å². The molecular formula is C11H22N2O. The molecule has 0 aromatic heterocycles. The van der Waals surface area contributed by atoms with Crippen LogP contribution in [0.15, 0.2) is 0 Å². The molecule has 2 saturated heterocycles. The first-order chi connectivity index (χ1) is 6.66. The molecule has 0 amide bonds. The second-order valence-corrected chi connectivity index (χ2v) is 4.97. The van der Waals surface area contributed by atoms with Crippen LogP contribution in [0.5, 0.6) is 0 Å². The summed E-state index contributed by atoms with van der Waals surface area (Å²) in [5.41, 5.74) is 0. The fourth-order valence-corrected chi connectivity index (χ4v) is 2.39. The Balaban J connectivity index is 1.72. The Bertz CT molecular complexity index is 182. The Hall–Kier alpha value is -0.120. The van der Waals surface area contributed by atoms with Gasteiger partial charge in [0.2, 0.25) is 0 Å². The summed E-state index contributed by atoms with van der Waals surface area (Å²) in [5, 5.41) is 9.40. The number of hydrogen-bond acceptors (Lipinski definition) is 3. The van der Waals surface area contributed by atoms with E-state index in [1.54, 1.807) is 0 Å². The summed E-state index contributed by atoms with van der Waals surface area (Å²) in [6.45, 7) is 9.17. The third-order valence-electron chi connectivity index (χ3n) is 3.64. The largest absolute Gasteiger partial charge is 0.393 e. The number of piperidine rings is 1. The van der Waals surface area contributed by atoms with Gasteiger partial charge in [0.1, 0.15) is 0 Å². The number of rotatable bonds is 2. The topological polar surface area (TPSA) is 26.7 Å². The van der Waals surface area contributed by atoms with Gasteiger partial charge < -0.3 is 5.11 Å². The Morgan fingerprint density at radius 2 is 1.71 bits per heavy atom. The van der Waals surface area contributed by atoms with Gasteiger partial charge in [0, 0.05) is 38.3 Å². The number of hydrogen-bond donors (Lipinski definition) is 1. The molecular weight excluding hydrogens is 176 g/mol. The van der Waals surface area contributed by atoms with Crippen LogP contribution >= 0.6 is 0 Å². The molecule has 14 heavy (non-hydrogen) atoms. The molecule has 0 unspecified atom stereocenters. The summed E-state index contributed by atoms with van der Waals surface area (Å²) >= 11 is 0. The van der Waals surface area contributed by atoms with Crippen LogP contribution in [-0.2, 0) is 0 Å². The quantitative estimate of drug-likeness (QED) is 0.701. The van der Waals surface area contributed by atoms with Crippen molar-refractivity contribution in [2.24, 2.45) is 0 Å². The molecule has 0 aromatic rings. The summed E-state index contributed by atoms with van der Waals surface area (Å²) in [7, 11) is 0. The predicted molar refractivity (Wildman–Crippen MR) is 57.3 cm³/mol.